The van der Waals surface area contributed by atoms with Crippen molar-refractivity contribution in [2.75, 3.05) is 5.32 Å². The highest BCUT2D eigenvalue weighted by atomic mass is 32.2. The first kappa shape index (κ1) is 18.1. The summed E-state index contributed by atoms with van der Waals surface area (Å²) in [7, 11) is 0. The number of rotatable bonds is 5. The molecule has 0 spiro atoms. The third-order valence-corrected chi connectivity index (χ3v) is 4.94. The molecule has 134 valence electrons. The first-order valence-electron chi connectivity index (χ1n) is 8.17. The number of para-hydroxylation sites is 1. The third-order valence-electron chi connectivity index (χ3n) is 3.90. The van der Waals surface area contributed by atoms with Crippen LogP contribution in [0.3, 0.4) is 0 Å². The van der Waals surface area contributed by atoms with E-state index >= 15 is 0 Å². The van der Waals surface area contributed by atoms with Gasteiger partial charge in [-0.05, 0) is 50.6 Å². The Morgan fingerprint density at radius 2 is 1.88 bits per heavy atom. The Morgan fingerprint density at radius 1 is 1.15 bits per heavy atom. The number of carbonyl (C=O) groups excluding carboxylic acids is 1. The maximum atomic E-state index is 13.6. The number of benzene rings is 2. The number of hydrogen-bond donors (Lipinski definition) is 1. The molecule has 2 aromatic carbocycles. The highest BCUT2D eigenvalue weighted by molar-refractivity contribution is 8.00. The minimum absolute atomic E-state index is 0.224. The fourth-order valence-corrected chi connectivity index (χ4v) is 3.33. The van der Waals surface area contributed by atoms with Crippen molar-refractivity contribution in [1.82, 2.24) is 14.8 Å². The van der Waals surface area contributed by atoms with E-state index in [0.29, 0.717) is 16.4 Å². The zero-order chi connectivity index (χ0) is 18.7. The zero-order valence-corrected chi connectivity index (χ0v) is 15.5. The first-order chi connectivity index (χ1) is 12.5. The van der Waals surface area contributed by atoms with Gasteiger partial charge < -0.3 is 5.32 Å². The molecule has 0 bridgehead atoms. The fraction of sp³-hybridized carbons (Fsp3) is 0.211. The summed E-state index contributed by atoms with van der Waals surface area (Å²) < 4.78 is 15.5. The Kier molecular flexibility index (Phi) is 5.37. The van der Waals surface area contributed by atoms with Crippen molar-refractivity contribution < 1.29 is 9.18 Å². The van der Waals surface area contributed by atoms with Gasteiger partial charge in [0, 0.05) is 11.4 Å². The van der Waals surface area contributed by atoms with Crippen LogP contribution in [0.1, 0.15) is 18.3 Å². The molecule has 1 heterocycles. The number of amides is 1. The molecule has 5 nitrogen and oxygen atoms in total. The van der Waals surface area contributed by atoms with Crippen molar-refractivity contribution in [3.63, 3.8) is 0 Å². The SMILES string of the molecule is Cc1ccc(NC(=O)[C@@H](C)Sc2nnc(C)n2-c2ccccc2)cc1F. The van der Waals surface area contributed by atoms with Gasteiger partial charge in [-0.1, -0.05) is 36.0 Å². The van der Waals surface area contributed by atoms with E-state index in [1.54, 1.807) is 26.0 Å². The summed E-state index contributed by atoms with van der Waals surface area (Å²) in [6.07, 6.45) is 0. The largest absolute Gasteiger partial charge is 0.325 e. The summed E-state index contributed by atoms with van der Waals surface area (Å²) in [6.45, 7) is 5.33. The molecule has 1 amide bonds. The summed E-state index contributed by atoms with van der Waals surface area (Å²) in [5, 5.41) is 11.2. The summed E-state index contributed by atoms with van der Waals surface area (Å²) in [5.41, 5.74) is 1.91. The van der Waals surface area contributed by atoms with Gasteiger partial charge in [-0.3, -0.25) is 9.36 Å². The van der Waals surface area contributed by atoms with Crippen molar-refractivity contribution >= 4 is 23.4 Å². The maximum absolute atomic E-state index is 13.6. The monoisotopic (exact) mass is 370 g/mol. The van der Waals surface area contributed by atoms with Crippen molar-refractivity contribution in [1.29, 1.82) is 0 Å². The lowest BCUT2D eigenvalue weighted by atomic mass is 10.2. The molecule has 1 aromatic heterocycles. The molecule has 7 heteroatoms. The van der Waals surface area contributed by atoms with E-state index < -0.39 is 5.25 Å². The molecule has 0 fully saturated rings. The van der Waals surface area contributed by atoms with Crippen LogP contribution in [0.25, 0.3) is 5.69 Å². The molecule has 0 saturated carbocycles. The van der Waals surface area contributed by atoms with Gasteiger partial charge in [-0.2, -0.15) is 0 Å². The van der Waals surface area contributed by atoms with E-state index in [-0.39, 0.29) is 11.7 Å². The molecule has 3 aromatic rings. The third kappa shape index (κ3) is 3.94. The number of nitrogens with one attached hydrogen (secondary N) is 1. The molecule has 1 atom stereocenters. The molecule has 1 N–H and O–H groups in total. The molecule has 3 rings (SSSR count). The molecule has 0 aliphatic rings. The number of halogens is 1. The van der Waals surface area contributed by atoms with Crippen LogP contribution in [-0.4, -0.2) is 25.9 Å². The number of thioether (sulfide) groups is 1. The minimum Gasteiger partial charge on any atom is -0.325 e. The van der Waals surface area contributed by atoms with Crippen LogP contribution < -0.4 is 5.32 Å². The van der Waals surface area contributed by atoms with Gasteiger partial charge in [-0.15, -0.1) is 10.2 Å². The maximum Gasteiger partial charge on any atom is 0.237 e. The van der Waals surface area contributed by atoms with Gasteiger partial charge in [0.2, 0.25) is 5.91 Å². The molecule has 0 aliphatic heterocycles. The molecule has 26 heavy (non-hydrogen) atoms. The Bertz CT molecular complexity index is 927. The van der Waals surface area contributed by atoms with Crippen LogP contribution in [0.4, 0.5) is 10.1 Å². The van der Waals surface area contributed by atoms with Gasteiger partial charge in [0.25, 0.3) is 0 Å². The van der Waals surface area contributed by atoms with Gasteiger partial charge in [0.05, 0.1) is 5.25 Å². The van der Waals surface area contributed by atoms with Crippen LogP contribution in [0.5, 0.6) is 0 Å². The Morgan fingerprint density at radius 3 is 2.58 bits per heavy atom. The highest BCUT2D eigenvalue weighted by Gasteiger charge is 2.20. The molecular formula is C19H19FN4OS. The predicted molar refractivity (Wildman–Crippen MR) is 101 cm³/mol. The summed E-state index contributed by atoms with van der Waals surface area (Å²) in [5.74, 6) is 0.174. The van der Waals surface area contributed by atoms with Crippen LogP contribution >= 0.6 is 11.8 Å². The number of hydrogen-bond acceptors (Lipinski definition) is 4. The van der Waals surface area contributed by atoms with Crippen LogP contribution in [0.2, 0.25) is 0 Å². The van der Waals surface area contributed by atoms with Crippen molar-refractivity contribution in [3.8, 4) is 5.69 Å². The van der Waals surface area contributed by atoms with Crippen molar-refractivity contribution in [2.24, 2.45) is 0 Å². The van der Waals surface area contributed by atoms with Crippen LogP contribution in [0.15, 0.2) is 53.7 Å². The van der Waals surface area contributed by atoms with E-state index in [2.05, 4.69) is 15.5 Å². The second kappa shape index (κ2) is 7.70. The second-order valence-electron chi connectivity index (χ2n) is 5.91. The lowest BCUT2D eigenvalue weighted by Crippen LogP contribution is -2.23. The van der Waals surface area contributed by atoms with Crippen molar-refractivity contribution in [3.05, 3.63) is 65.7 Å². The van der Waals surface area contributed by atoms with Gasteiger partial charge in [0.15, 0.2) is 5.16 Å². The minimum atomic E-state index is -0.426. The first-order valence-corrected chi connectivity index (χ1v) is 9.05. The van der Waals surface area contributed by atoms with E-state index in [1.165, 1.54) is 17.8 Å². The second-order valence-corrected chi connectivity index (χ2v) is 7.22. The summed E-state index contributed by atoms with van der Waals surface area (Å²) in [6, 6.07) is 14.4. The number of nitrogens with zero attached hydrogens (tertiary/aromatic N) is 3. The topological polar surface area (TPSA) is 59.8 Å². The molecule has 0 aliphatic carbocycles. The normalized spacial score (nSPS) is 12.0. The standard InChI is InChI=1S/C19H19FN4OS/c1-12-9-10-15(11-17(12)20)21-18(25)13(2)26-19-23-22-14(3)24(19)16-7-5-4-6-8-16/h4-11,13H,1-3H3,(H,21,25)/t13-/m1/s1. The Balaban J connectivity index is 1.75. The molecule has 0 unspecified atom stereocenters. The average molecular weight is 370 g/mol. The number of carbonyl (C=O) groups is 1. The van der Waals surface area contributed by atoms with E-state index in [1.807, 2.05) is 41.8 Å². The molecule has 0 saturated heterocycles. The van der Waals surface area contributed by atoms with Crippen molar-refractivity contribution in [2.45, 2.75) is 31.2 Å². The zero-order valence-electron chi connectivity index (χ0n) is 14.7. The lowest BCUT2D eigenvalue weighted by molar-refractivity contribution is -0.115. The van der Waals surface area contributed by atoms with Crippen LogP contribution in [-0.2, 0) is 4.79 Å². The summed E-state index contributed by atoms with van der Waals surface area (Å²) in [4.78, 5) is 12.5. The Labute approximate surface area is 155 Å². The van der Waals surface area contributed by atoms with Crippen LogP contribution in [0, 0.1) is 19.7 Å². The summed E-state index contributed by atoms with van der Waals surface area (Å²) >= 11 is 1.30. The van der Waals surface area contributed by atoms with Gasteiger partial charge in [0.1, 0.15) is 11.6 Å². The molecule has 0 radical (unpaired) electrons. The predicted octanol–water partition coefficient (Wildman–Crippen LogP) is 4.14. The van der Waals surface area contributed by atoms with Gasteiger partial charge >= 0.3 is 0 Å². The van der Waals surface area contributed by atoms with E-state index in [9.17, 15) is 9.18 Å². The number of aromatic nitrogens is 3. The fourth-order valence-electron chi connectivity index (χ4n) is 2.42. The number of anilines is 1. The Hall–Kier alpha value is -2.67. The lowest BCUT2D eigenvalue weighted by Gasteiger charge is -2.13. The van der Waals surface area contributed by atoms with E-state index in [4.69, 9.17) is 0 Å². The quantitative estimate of drug-likeness (QED) is 0.686. The molecular weight excluding hydrogens is 351 g/mol. The van der Waals surface area contributed by atoms with Gasteiger partial charge in [-0.25, -0.2) is 4.39 Å². The van der Waals surface area contributed by atoms with E-state index in [0.717, 1.165) is 11.5 Å². The average Bonchev–Trinajstić information content (AvgIpc) is 2.99. The smallest absolute Gasteiger partial charge is 0.237 e. The number of aryl methyl sites for hydroxylation is 2. The highest BCUT2D eigenvalue weighted by Crippen LogP contribution is 2.26.